The quantitative estimate of drug-likeness (QED) is 0.419. The molecule has 0 amide bonds. The van der Waals surface area contributed by atoms with Crippen molar-refractivity contribution in [2.45, 2.75) is 77.6 Å². The maximum atomic E-state index is 12.6. The van der Waals surface area contributed by atoms with Crippen LogP contribution in [0.2, 0.25) is 0 Å². The van der Waals surface area contributed by atoms with Crippen LogP contribution in [0.4, 0.5) is 0 Å². The molecule has 0 aromatic carbocycles. The molecule has 7 atom stereocenters. The van der Waals surface area contributed by atoms with Gasteiger partial charge in [0, 0.05) is 5.92 Å². The van der Waals surface area contributed by atoms with E-state index in [2.05, 4.69) is 33.8 Å². The lowest BCUT2D eigenvalue weighted by molar-refractivity contribution is -0.148. The Morgan fingerprint density at radius 3 is 2.74 bits per heavy atom. The normalized spacial score (nSPS) is 56.4. The van der Waals surface area contributed by atoms with E-state index in [1.807, 2.05) is 0 Å². The van der Waals surface area contributed by atoms with Gasteiger partial charge < -0.3 is 9.47 Å². The highest BCUT2D eigenvalue weighted by molar-refractivity contribution is 5.80. The molecule has 4 fully saturated rings. The molecule has 3 aliphatic carbocycles. The summed E-state index contributed by atoms with van der Waals surface area (Å²) < 4.78 is 12.2. The molecule has 2 aliphatic heterocycles. The van der Waals surface area contributed by atoms with Crippen molar-refractivity contribution in [1.82, 2.24) is 0 Å². The van der Waals surface area contributed by atoms with Gasteiger partial charge in [0.15, 0.2) is 0 Å². The molecule has 0 aromatic rings. The van der Waals surface area contributed by atoms with E-state index in [1.54, 1.807) is 0 Å². The van der Waals surface area contributed by atoms with Gasteiger partial charge in [0.25, 0.3) is 0 Å². The second-order valence-corrected chi connectivity index (χ2v) is 9.49. The van der Waals surface area contributed by atoms with Gasteiger partial charge in [0.2, 0.25) is 0 Å². The maximum absolute atomic E-state index is 12.6. The summed E-state index contributed by atoms with van der Waals surface area (Å²) in [5.41, 5.74) is 1.47. The van der Waals surface area contributed by atoms with Gasteiger partial charge in [-0.15, -0.1) is 0 Å². The van der Waals surface area contributed by atoms with Crippen LogP contribution >= 0.6 is 0 Å². The lowest BCUT2D eigenvalue weighted by Gasteiger charge is -2.55. The number of hydrogen-bond acceptors (Lipinski definition) is 3. The van der Waals surface area contributed by atoms with Crippen LogP contribution in [0.25, 0.3) is 0 Å². The zero-order chi connectivity index (χ0) is 16.2. The summed E-state index contributed by atoms with van der Waals surface area (Å²) in [7, 11) is 0. The second kappa shape index (κ2) is 4.04. The van der Waals surface area contributed by atoms with Gasteiger partial charge in [-0.05, 0) is 61.5 Å². The molecule has 126 valence electrons. The number of carbonyl (C=O) groups is 1. The molecule has 2 saturated carbocycles. The van der Waals surface area contributed by atoms with Gasteiger partial charge in [-0.2, -0.15) is 0 Å². The first-order chi connectivity index (χ1) is 10.8. The molecule has 3 heteroatoms. The van der Waals surface area contributed by atoms with Crippen molar-refractivity contribution in [1.29, 1.82) is 0 Å². The van der Waals surface area contributed by atoms with E-state index in [0.29, 0.717) is 17.8 Å². The molecule has 0 spiro atoms. The van der Waals surface area contributed by atoms with Crippen LogP contribution in [0, 0.1) is 28.6 Å². The maximum Gasteiger partial charge on any atom is 0.312 e. The van der Waals surface area contributed by atoms with Crippen LogP contribution in [0.5, 0.6) is 0 Å². The molecule has 0 bridgehead atoms. The number of rotatable bonds is 1. The Morgan fingerprint density at radius 2 is 2.00 bits per heavy atom. The standard InChI is InChI=1S/C20H28O3/c1-11(2)20-9-6-13-12(16(20)23-20)10-14-15-18(13,3)7-5-8-19(15,4)17(21)22-14/h10-11,13-16H,5-9H2,1-4H3/t13-,14?,15?,16-,18+,19-,20-/m0/s1. The third kappa shape index (κ3) is 1.49. The van der Waals surface area contributed by atoms with E-state index < -0.39 is 0 Å². The molecule has 0 N–H and O–H groups in total. The minimum atomic E-state index is -0.267. The average Bonchev–Trinajstić information content (AvgIpc) is 3.17. The molecule has 23 heavy (non-hydrogen) atoms. The third-order valence-electron chi connectivity index (χ3n) is 8.23. The van der Waals surface area contributed by atoms with Gasteiger partial charge in [0.1, 0.15) is 17.8 Å². The van der Waals surface area contributed by atoms with Crippen molar-refractivity contribution >= 4 is 5.97 Å². The van der Waals surface area contributed by atoms with Crippen molar-refractivity contribution in [3.63, 3.8) is 0 Å². The Hall–Kier alpha value is -0.830. The Bertz CT molecular complexity index is 622. The van der Waals surface area contributed by atoms with Gasteiger partial charge in [-0.1, -0.05) is 27.2 Å². The smallest absolute Gasteiger partial charge is 0.312 e. The van der Waals surface area contributed by atoms with Crippen molar-refractivity contribution in [2.24, 2.45) is 28.6 Å². The first kappa shape index (κ1) is 14.5. The van der Waals surface area contributed by atoms with E-state index in [9.17, 15) is 4.79 Å². The number of hydrogen-bond donors (Lipinski definition) is 0. The van der Waals surface area contributed by atoms with E-state index in [1.165, 1.54) is 24.8 Å². The molecule has 0 radical (unpaired) electrons. The highest BCUT2D eigenvalue weighted by Crippen LogP contribution is 2.69. The van der Waals surface area contributed by atoms with Crippen molar-refractivity contribution in [2.75, 3.05) is 0 Å². The molecule has 2 heterocycles. The summed E-state index contributed by atoms with van der Waals surface area (Å²) in [6.07, 6.45) is 8.33. The van der Waals surface area contributed by atoms with Crippen molar-refractivity contribution in [3.8, 4) is 0 Å². The summed E-state index contributed by atoms with van der Waals surface area (Å²) in [6.45, 7) is 9.15. The molecule has 0 aromatic heterocycles. The SMILES string of the molecule is CC(C)[C@@]12CC[C@H]3C(=CC4OC(=O)[C@@]5(C)CCC[C@@]3(C)C45)[C@@H]1O2. The molecule has 5 rings (SSSR count). The monoisotopic (exact) mass is 316 g/mol. The zero-order valence-electron chi connectivity index (χ0n) is 14.7. The first-order valence-electron chi connectivity index (χ1n) is 9.43. The Labute approximate surface area is 138 Å². The number of fused-ring (bicyclic) bond motifs is 4. The highest BCUT2D eigenvalue weighted by atomic mass is 16.6. The first-order valence-corrected chi connectivity index (χ1v) is 9.43. The van der Waals surface area contributed by atoms with E-state index in [0.717, 1.165) is 12.8 Å². The van der Waals surface area contributed by atoms with E-state index in [-0.39, 0.29) is 34.6 Å². The number of carbonyl (C=O) groups excluding carboxylic acids is 1. The summed E-state index contributed by atoms with van der Waals surface area (Å²) in [4.78, 5) is 12.6. The van der Waals surface area contributed by atoms with Crippen LogP contribution < -0.4 is 0 Å². The number of esters is 1. The molecule has 5 aliphatic rings. The predicted octanol–water partition coefficient (Wildman–Crippen LogP) is 3.87. The van der Waals surface area contributed by atoms with Gasteiger partial charge in [-0.3, -0.25) is 4.79 Å². The summed E-state index contributed by atoms with van der Waals surface area (Å²) >= 11 is 0. The van der Waals surface area contributed by atoms with E-state index in [4.69, 9.17) is 9.47 Å². The third-order valence-corrected chi connectivity index (χ3v) is 8.23. The second-order valence-electron chi connectivity index (χ2n) is 9.49. The summed E-state index contributed by atoms with van der Waals surface area (Å²) in [5, 5.41) is 0. The minimum Gasteiger partial charge on any atom is -0.457 e. The van der Waals surface area contributed by atoms with Crippen LogP contribution in [-0.4, -0.2) is 23.8 Å². The molecule has 3 nitrogen and oxygen atoms in total. The number of epoxide rings is 1. The molecular weight excluding hydrogens is 288 g/mol. The van der Waals surface area contributed by atoms with Crippen LogP contribution in [0.15, 0.2) is 11.6 Å². The predicted molar refractivity (Wildman–Crippen MR) is 86.7 cm³/mol. The van der Waals surface area contributed by atoms with Gasteiger partial charge in [0.05, 0.1) is 5.41 Å². The van der Waals surface area contributed by atoms with Gasteiger partial charge in [-0.25, -0.2) is 0 Å². The summed E-state index contributed by atoms with van der Waals surface area (Å²) in [5.74, 6) is 1.54. The van der Waals surface area contributed by atoms with Gasteiger partial charge >= 0.3 is 5.97 Å². The fraction of sp³-hybridized carbons (Fsp3) is 0.850. The number of ether oxygens (including phenoxy) is 2. The highest BCUT2D eigenvalue weighted by Gasteiger charge is 2.71. The Morgan fingerprint density at radius 1 is 1.22 bits per heavy atom. The Balaban J connectivity index is 1.61. The van der Waals surface area contributed by atoms with E-state index >= 15 is 0 Å². The fourth-order valence-corrected chi connectivity index (χ4v) is 6.97. The average molecular weight is 316 g/mol. The fourth-order valence-electron chi connectivity index (χ4n) is 6.97. The van der Waals surface area contributed by atoms with Crippen LogP contribution in [0.1, 0.15) is 59.8 Å². The summed E-state index contributed by atoms with van der Waals surface area (Å²) in [6, 6.07) is 0. The van der Waals surface area contributed by atoms with Crippen molar-refractivity contribution in [3.05, 3.63) is 11.6 Å². The van der Waals surface area contributed by atoms with Crippen LogP contribution in [-0.2, 0) is 14.3 Å². The zero-order valence-corrected chi connectivity index (χ0v) is 14.7. The van der Waals surface area contributed by atoms with Crippen LogP contribution in [0.3, 0.4) is 0 Å². The molecule has 2 saturated heterocycles. The Kier molecular flexibility index (Phi) is 2.55. The molecular formula is C20H28O3. The topological polar surface area (TPSA) is 38.8 Å². The lowest BCUT2D eigenvalue weighted by Crippen LogP contribution is -2.54. The lowest BCUT2D eigenvalue weighted by atomic mass is 9.46. The largest absolute Gasteiger partial charge is 0.457 e. The van der Waals surface area contributed by atoms with Crippen molar-refractivity contribution < 1.29 is 14.3 Å². The minimum absolute atomic E-state index is 0.0174. The molecule has 2 unspecified atom stereocenters.